The number of hydrogen-bond donors (Lipinski definition) is 2. The summed E-state index contributed by atoms with van der Waals surface area (Å²) in [6.07, 6.45) is -0.147. The predicted molar refractivity (Wildman–Crippen MR) is 43.0 cm³/mol. The lowest BCUT2D eigenvalue weighted by molar-refractivity contribution is -0.138. The summed E-state index contributed by atoms with van der Waals surface area (Å²) in [4.78, 5) is 12.5. The first-order valence-corrected chi connectivity index (χ1v) is 3.76. The Kier molecular flexibility index (Phi) is 4.81. The van der Waals surface area contributed by atoms with Crippen LogP contribution in [0, 0.1) is 0 Å². The van der Waals surface area contributed by atoms with Gasteiger partial charge in [-0.2, -0.15) is 0 Å². The van der Waals surface area contributed by atoms with Crippen LogP contribution in [0.15, 0.2) is 0 Å². The summed E-state index contributed by atoms with van der Waals surface area (Å²) >= 11 is 0. The minimum absolute atomic E-state index is 0.00706. The molecule has 1 amide bonds. The second-order valence-electron chi connectivity index (χ2n) is 2.51. The summed E-state index contributed by atoms with van der Waals surface area (Å²) in [6, 6.07) is 0. The number of carbonyl (C=O) groups is 1. The van der Waals surface area contributed by atoms with Gasteiger partial charge in [0.15, 0.2) is 0 Å². The lowest BCUT2D eigenvalue weighted by Crippen LogP contribution is -2.40. The van der Waals surface area contributed by atoms with Crippen LogP contribution >= 0.6 is 0 Å². The molecule has 0 aromatic rings. The number of hydrogen-bond acceptors (Lipinski definition) is 3. The summed E-state index contributed by atoms with van der Waals surface area (Å²) in [5, 5.41) is 9.01. The lowest BCUT2D eigenvalue weighted by atomic mass is 10.3. The van der Waals surface area contributed by atoms with Crippen LogP contribution in [0.1, 0.15) is 13.3 Å². The Balaban J connectivity index is 3.81. The SMILES string of the molecule is CCCN(C)C(=O)C(O)CN. The summed E-state index contributed by atoms with van der Waals surface area (Å²) in [7, 11) is 1.66. The molecule has 0 bridgehead atoms. The van der Waals surface area contributed by atoms with E-state index in [1.54, 1.807) is 7.05 Å². The third-order valence-electron chi connectivity index (χ3n) is 1.44. The highest BCUT2D eigenvalue weighted by molar-refractivity contribution is 5.80. The number of likely N-dealkylation sites (N-methyl/N-ethyl adjacent to an activating group) is 1. The fourth-order valence-corrected chi connectivity index (χ4v) is 0.801. The van der Waals surface area contributed by atoms with E-state index < -0.39 is 6.10 Å². The highest BCUT2D eigenvalue weighted by Crippen LogP contribution is 1.91. The van der Waals surface area contributed by atoms with Crippen LogP contribution in [0.5, 0.6) is 0 Å². The fraction of sp³-hybridized carbons (Fsp3) is 0.857. The molecule has 3 N–H and O–H groups in total. The van der Waals surface area contributed by atoms with E-state index >= 15 is 0 Å². The summed E-state index contributed by atoms with van der Waals surface area (Å²) in [6.45, 7) is 2.63. The Morgan fingerprint density at radius 2 is 2.27 bits per heavy atom. The van der Waals surface area contributed by atoms with Gasteiger partial charge < -0.3 is 15.7 Å². The average molecular weight is 160 g/mol. The second kappa shape index (κ2) is 5.09. The Morgan fingerprint density at radius 3 is 2.64 bits per heavy atom. The molecule has 1 unspecified atom stereocenters. The van der Waals surface area contributed by atoms with Gasteiger partial charge in [-0.05, 0) is 6.42 Å². The molecule has 0 fully saturated rings. The minimum Gasteiger partial charge on any atom is -0.382 e. The van der Waals surface area contributed by atoms with Gasteiger partial charge in [-0.1, -0.05) is 6.92 Å². The van der Waals surface area contributed by atoms with E-state index in [-0.39, 0.29) is 12.5 Å². The summed E-state index contributed by atoms with van der Waals surface area (Å²) in [5.41, 5.74) is 5.11. The highest BCUT2D eigenvalue weighted by atomic mass is 16.3. The van der Waals surface area contributed by atoms with Crippen LogP contribution in [0.4, 0.5) is 0 Å². The van der Waals surface area contributed by atoms with E-state index in [4.69, 9.17) is 10.8 Å². The Bertz CT molecular complexity index is 128. The van der Waals surface area contributed by atoms with E-state index in [1.807, 2.05) is 6.92 Å². The molecule has 0 aliphatic carbocycles. The van der Waals surface area contributed by atoms with Crippen molar-refractivity contribution in [2.75, 3.05) is 20.1 Å². The van der Waals surface area contributed by atoms with E-state index in [0.29, 0.717) is 6.54 Å². The topological polar surface area (TPSA) is 66.6 Å². The molecule has 0 rings (SSSR count). The smallest absolute Gasteiger partial charge is 0.252 e. The van der Waals surface area contributed by atoms with Gasteiger partial charge >= 0.3 is 0 Å². The zero-order valence-electron chi connectivity index (χ0n) is 7.08. The monoisotopic (exact) mass is 160 g/mol. The lowest BCUT2D eigenvalue weighted by Gasteiger charge is -2.18. The van der Waals surface area contributed by atoms with Gasteiger partial charge in [0.2, 0.25) is 0 Å². The number of aliphatic hydroxyl groups is 1. The standard InChI is InChI=1S/C7H16N2O2/c1-3-4-9(2)7(11)6(10)5-8/h6,10H,3-5,8H2,1-2H3. The average Bonchev–Trinajstić information content (AvgIpc) is 2.02. The van der Waals surface area contributed by atoms with Crippen LogP contribution < -0.4 is 5.73 Å². The molecule has 11 heavy (non-hydrogen) atoms. The Morgan fingerprint density at radius 1 is 1.73 bits per heavy atom. The van der Waals surface area contributed by atoms with Crippen LogP contribution in [0.25, 0.3) is 0 Å². The highest BCUT2D eigenvalue weighted by Gasteiger charge is 2.16. The van der Waals surface area contributed by atoms with Crippen molar-refractivity contribution in [1.29, 1.82) is 0 Å². The van der Waals surface area contributed by atoms with E-state index in [2.05, 4.69) is 0 Å². The molecule has 0 heterocycles. The minimum atomic E-state index is -1.04. The van der Waals surface area contributed by atoms with Crippen molar-refractivity contribution < 1.29 is 9.90 Å². The van der Waals surface area contributed by atoms with Gasteiger partial charge in [-0.25, -0.2) is 0 Å². The van der Waals surface area contributed by atoms with E-state index in [1.165, 1.54) is 4.90 Å². The van der Waals surface area contributed by atoms with Gasteiger partial charge in [0.25, 0.3) is 5.91 Å². The third kappa shape index (κ3) is 3.34. The molecule has 4 heteroatoms. The number of nitrogens with two attached hydrogens (primary N) is 1. The quantitative estimate of drug-likeness (QED) is 0.564. The maximum atomic E-state index is 11.1. The number of amides is 1. The van der Waals surface area contributed by atoms with E-state index in [9.17, 15) is 4.79 Å². The maximum Gasteiger partial charge on any atom is 0.252 e. The zero-order chi connectivity index (χ0) is 8.85. The molecule has 0 saturated heterocycles. The molecule has 0 spiro atoms. The van der Waals surface area contributed by atoms with Crippen molar-refractivity contribution in [2.24, 2.45) is 5.73 Å². The Hall–Kier alpha value is -0.610. The van der Waals surface area contributed by atoms with Gasteiger partial charge in [0.1, 0.15) is 6.10 Å². The first-order valence-electron chi connectivity index (χ1n) is 3.76. The van der Waals surface area contributed by atoms with Crippen molar-refractivity contribution in [3.05, 3.63) is 0 Å². The van der Waals surface area contributed by atoms with Crippen LogP contribution in [0.2, 0.25) is 0 Å². The number of rotatable bonds is 4. The number of nitrogens with zero attached hydrogens (tertiary/aromatic N) is 1. The van der Waals surface area contributed by atoms with E-state index in [0.717, 1.165) is 6.42 Å². The van der Waals surface area contributed by atoms with Crippen molar-refractivity contribution in [3.8, 4) is 0 Å². The zero-order valence-corrected chi connectivity index (χ0v) is 7.08. The first kappa shape index (κ1) is 10.4. The van der Waals surface area contributed by atoms with Gasteiger partial charge in [-0.3, -0.25) is 4.79 Å². The second-order valence-corrected chi connectivity index (χ2v) is 2.51. The normalized spacial score (nSPS) is 12.7. The molecule has 0 aliphatic heterocycles. The third-order valence-corrected chi connectivity index (χ3v) is 1.44. The largest absolute Gasteiger partial charge is 0.382 e. The molecular formula is C7H16N2O2. The van der Waals surface area contributed by atoms with Crippen LogP contribution in [-0.4, -0.2) is 42.2 Å². The van der Waals surface area contributed by atoms with Crippen LogP contribution in [-0.2, 0) is 4.79 Å². The summed E-state index contributed by atoms with van der Waals surface area (Å²) < 4.78 is 0. The van der Waals surface area contributed by atoms with Gasteiger partial charge in [0, 0.05) is 20.1 Å². The van der Waals surface area contributed by atoms with Crippen molar-refractivity contribution in [1.82, 2.24) is 4.90 Å². The molecule has 0 radical (unpaired) electrons. The predicted octanol–water partition coefficient (Wildman–Crippen LogP) is -0.826. The molecule has 0 saturated carbocycles. The maximum absolute atomic E-state index is 11.1. The van der Waals surface area contributed by atoms with Gasteiger partial charge in [0.05, 0.1) is 0 Å². The molecule has 0 aromatic carbocycles. The molecule has 66 valence electrons. The van der Waals surface area contributed by atoms with Crippen molar-refractivity contribution >= 4 is 5.91 Å². The molecule has 4 nitrogen and oxygen atoms in total. The fourth-order valence-electron chi connectivity index (χ4n) is 0.801. The molecule has 1 atom stereocenters. The molecular weight excluding hydrogens is 144 g/mol. The van der Waals surface area contributed by atoms with Crippen molar-refractivity contribution in [2.45, 2.75) is 19.4 Å². The molecule has 0 aliphatic rings. The first-order chi connectivity index (χ1) is 5.13. The number of aliphatic hydroxyl groups excluding tert-OH is 1. The Labute approximate surface area is 67.0 Å². The van der Waals surface area contributed by atoms with Gasteiger partial charge in [-0.15, -0.1) is 0 Å². The number of carbonyl (C=O) groups excluding carboxylic acids is 1. The summed E-state index contributed by atoms with van der Waals surface area (Å²) in [5.74, 6) is -0.297. The molecule has 0 aromatic heterocycles. The van der Waals surface area contributed by atoms with Crippen molar-refractivity contribution in [3.63, 3.8) is 0 Å². The van der Waals surface area contributed by atoms with Crippen LogP contribution in [0.3, 0.4) is 0 Å².